The van der Waals surface area contributed by atoms with Gasteiger partial charge in [-0.25, -0.2) is 8.78 Å². The van der Waals surface area contributed by atoms with Crippen molar-refractivity contribution in [2.45, 2.75) is 102 Å². The highest BCUT2D eigenvalue weighted by Crippen LogP contribution is 2.77. The van der Waals surface area contributed by atoms with Gasteiger partial charge in [0, 0.05) is 11.0 Å². The molecule has 6 aliphatic rings. The molecule has 0 saturated heterocycles. The van der Waals surface area contributed by atoms with E-state index in [9.17, 15) is 8.78 Å². The zero-order valence-electron chi connectivity index (χ0n) is 18.6. The summed E-state index contributed by atoms with van der Waals surface area (Å²) in [6, 6.07) is 2.59. The maximum Gasteiger partial charge on any atom is 0.338 e. The Labute approximate surface area is 184 Å². The van der Waals surface area contributed by atoms with E-state index in [1.807, 2.05) is 0 Å². The fourth-order valence-electron chi connectivity index (χ4n) is 7.50. The lowest BCUT2D eigenvalue weighted by Crippen LogP contribution is -2.77. The molecule has 6 saturated carbocycles. The van der Waals surface area contributed by atoms with Crippen molar-refractivity contribution in [3.8, 4) is 0 Å². The molecule has 7 rings (SSSR count). The van der Waals surface area contributed by atoms with Crippen LogP contribution in [0.1, 0.15) is 82.3 Å². The minimum atomic E-state index is -4.37. The molecule has 6 aliphatic carbocycles. The number of aryl methyl sites for hydroxylation is 1. The van der Waals surface area contributed by atoms with Gasteiger partial charge >= 0.3 is 11.8 Å². The highest BCUT2D eigenvalue weighted by Gasteiger charge is 2.85. The molecular formula is C25H30F6O. The molecular weight excluding hydrogens is 430 g/mol. The van der Waals surface area contributed by atoms with E-state index in [4.69, 9.17) is 4.74 Å². The number of rotatable bonds is 4. The first-order valence-corrected chi connectivity index (χ1v) is 11.7. The molecule has 1 aromatic rings. The van der Waals surface area contributed by atoms with E-state index in [1.54, 1.807) is 0 Å². The third kappa shape index (κ3) is 2.58. The largest absolute Gasteiger partial charge is 0.364 e. The van der Waals surface area contributed by atoms with Crippen LogP contribution in [0.2, 0.25) is 0 Å². The summed E-state index contributed by atoms with van der Waals surface area (Å²) >= 11 is 0. The number of halogens is 6. The van der Waals surface area contributed by atoms with E-state index in [0.717, 1.165) is 19.3 Å². The maximum absolute atomic E-state index is 15.9. The molecule has 0 spiro atoms. The van der Waals surface area contributed by atoms with Crippen LogP contribution in [0.4, 0.5) is 26.3 Å². The summed E-state index contributed by atoms with van der Waals surface area (Å²) in [7, 11) is 0. The van der Waals surface area contributed by atoms with E-state index in [0.29, 0.717) is 19.3 Å². The third-order valence-electron chi connectivity index (χ3n) is 9.97. The Kier molecular flexibility index (Phi) is 4.70. The Morgan fingerprint density at radius 2 is 1.31 bits per heavy atom. The number of ether oxygens (including phenoxy) is 1. The van der Waals surface area contributed by atoms with Crippen LogP contribution in [0.3, 0.4) is 0 Å². The lowest BCUT2D eigenvalue weighted by molar-refractivity contribution is -0.416. The molecule has 0 aliphatic heterocycles. The molecule has 7 heteroatoms. The van der Waals surface area contributed by atoms with Crippen LogP contribution < -0.4 is 0 Å². The number of hydrogen-bond acceptors (Lipinski definition) is 1. The number of hydrogen-bond donors (Lipinski definition) is 0. The summed E-state index contributed by atoms with van der Waals surface area (Å²) in [6.07, 6.45) is 3.77. The van der Waals surface area contributed by atoms with Crippen molar-refractivity contribution in [1.82, 2.24) is 0 Å². The van der Waals surface area contributed by atoms with Crippen LogP contribution in [0.5, 0.6) is 0 Å². The summed E-state index contributed by atoms with van der Waals surface area (Å²) in [5.41, 5.74) is -4.84. The predicted octanol–water partition coefficient (Wildman–Crippen LogP) is 7.73. The zero-order valence-corrected chi connectivity index (χ0v) is 18.6. The van der Waals surface area contributed by atoms with Crippen LogP contribution in [0, 0.1) is 34.8 Å². The van der Waals surface area contributed by atoms with Gasteiger partial charge in [-0.1, -0.05) is 19.1 Å². The molecule has 32 heavy (non-hydrogen) atoms. The quantitative estimate of drug-likeness (QED) is 0.418. The standard InChI is InChI=1S/C25H30F6O/c1-16-3-4-17(19(27)18(16)26)15-32-23-13-11-22(12-14-23,24(28,29)25(23,30)31)21-8-5-20(2,6-9-21)7-10-21/h3-4H,5-15H2,1-2H3. The smallest absolute Gasteiger partial charge is 0.338 e. The molecule has 0 heterocycles. The molecule has 6 fully saturated rings. The Morgan fingerprint density at radius 1 is 0.750 bits per heavy atom. The average molecular weight is 461 g/mol. The predicted molar refractivity (Wildman–Crippen MR) is 108 cm³/mol. The number of alkyl halides is 4. The summed E-state index contributed by atoms with van der Waals surface area (Å²) in [5, 5.41) is 0. The highest BCUT2D eigenvalue weighted by atomic mass is 19.3. The van der Waals surface area contributed by atoms with Crippen LogP contribution in [0.25, 0.3) is 0 Å². The van der Waals surface area contributed by atoms with Crippen LogP contribution >= 0.6 is 0 Å². The molecule has 1 aromatic carbocycles. The summed E-state index contributed by atoms with van der Waals surface area (Å²) in [5.74, 6) is -10.8. The normalized spacial score (nSPS) is 41.8. The van der Waals surface area contributed by atoms with E-state index < -0.39 is 46.5 Å². The Morgan fingerprint density at radius 3 is 1.88 bits per heavy atom. The van der Waals surface area contributed by atoms with Gasteiger partial charge in [-0.2, -0.15) is 17.6 Å². The van der Waals surface area contributed by atoms with Crippen molar-refractivity contribution in [2.75, 3.05) is 0 Å². The summed E-state index contributed by atoms with van der Waals surface area (Å²) in [4.78, 5) is 0. The van der Waals surface area contributed by atoms with Gasteiger partial charge in [-0.15, -0.1) is 0 Å². The monoisotopic (exact) mass is 460 g/mol. The fourth-order valence-corrected chi connectivity index (χ4v) is 7.50. The molecule has 0 radical (unpaired) electrons. The first-order valence-electron chi connectivity index (χ1n) is 11.7. The summed E-state index contributed by atoms with van der Waals surface area (Å²) in [6.45, 7) is 2.90. The lowest BCUT2D eigenvalue weighted by Gasteiger charge is -2.69. The minimum absolute atomic E-state index is 0.0168. The van der Waals surface area contributed by atoms with Crippen molar-refractivity contribution in [3.05, 3.63) is 34.9 Å². The first-order chi connectivity index (χ1) is 14.8. The van der Waals surface area contributed by atoms with Gasteiger partial charge < -0.3 is 4.74 Å². The molecule has 0 N–H and O–H groups in total. The van der Waals surface area contributed by atoms with Gasteiger partial charge in [0.15, 0.2) is 11.6 Å². The van der Waals surface area contributed by atoms with Crippen molar-refractivity contribution < 1.29 is 31.1 Å². The number of benzene rings is 1. The topological polar surface area (TPSA) is 9.23 Å². The average Bonchev–Trinajstić information content (AvgIpc) is 2.77. The van der Waals surface area contributed by atoms with Crippen molar-refractivity contribution in [1.29, 1.82) is 0 Å². The van der Waals surface area contributed by atoms with E-state index in [-0.39, 0.29) is 42.2 Å². The SMILES string of the molecule is Cc1ccc(COC23CCC(C45CCC(C)(CC4)CC5)(CC2)C(F)(F)C3(F)F)c(F)c1F. The second-order valence-electron chi connectivity index (χ2n) is 11.3. The highest BCUT2D eigenvalue weighted by molar-refractivity contribution is 5.27. The third-order valence-corrected chi connectivity index (χ3v) is 9.97. The fraction of sp³-hybridized carbons (Fsp3) is 0.760. The van der Waals surface area contributed by atoms with Crippen molar-refractivity contribution in [3.63, 3.8) is 0 Å². The van der Waals surface area contributed by atoms with Gasteiger partial charge in [0.25, 0.3) is 0 Å². The number of fused-ring (bicyclic) bond motifs is 6. The van der Waals surface area contributed by atoms with E-state index >= 15 is 17.6 Å². The molecule has 0 aromatic heterocycles. The van der Waals surface area contributed by atoms with Crippen LogP contribution in [-0.4, -0.2) is 17.4 Å². The first kappa shape index (κ1) is 22.5. The Balaban J connectivity index is 1.45. The van der Waals surface area contributed by atoms with Gasteiger partial charge in [-0.05, 0) is 87.5 Å². The molecule has 178 valence electrons. The van der Waals surface area contributed by atoms with Gasteiger partial charge in [0.2, 0.25) is 0 Å². The minimum Gasteiger partial charge on any atom is -0.364 e. The maximum atomic E-state index is 15.9. The van der Waals surface area contributed by atoms with E-state index in [2.05, 4.69) is 6.92 Å². The Bertz CT molecular complexity index is 906. The van der Waals surface area contributed by atoms with Crippen molar-refractivity contribution in [2.24, 2.45) is 16.2 Å². The van der Waals surface area contributed by atoms with Crippen molar-refractivity contribution >= 4 is 0 Å². The lowest BCUT2D eigenvalue weighted by atomic mass is 9.38. The molecule has 4 bridgehead atoms. The summed E-state index contributed by atoms with van der Waals surface area (Å²) < 4.78 is 96.6. The Hall–Kier alpha value is -1.24. The second kappa shape index (κ2) is 6.67. The molecule has 0 atom stereocenters. The molecule has 0 amide bonds. The second-order valence-corrected chi connectivity index (χ2v) is 11.3. The van der Waals surface area contributed by atoms with E-state index in [1.165, 1.54) is 19.1 Å². The van der Waals surface area contributed by atoms with Gasteiger partial charge in [0.1, 0.15) is 5.60 Å². The molecule has 0 unspecified atom stereocenters. The van der Waals surface area contributed by atoms with Gasteiger partial charge in [-0.3, -0.25) is 0 Å². The molecule has 1 nitrogen and oxygen atoms in total. The van der Waals surface area contributed by atoms with Gasteiger partial charge in [0.05, 0.1) is 6.61 Å². The van der Waals surface area contributed by atoms with Crippen LogP contribution in [-0.2, 0) is 11.3 Å². The van der Waals surface area contributed by atoms with Crippen LogP contribution in [0.15, 0.2) is 12.1 Å². The zero-order chi connectivity index (χ0) is 23.2.